The largest absolute Gasteiger partial charge is 0.472 e. The van der Waals surface area contributed by atoms with E-state index in [-0.39, 0.29) is 19.3 Å². The van der Waals surface area contributed by atoms with Crippen molar-refractivity contribution in [3.05, 3.63) is 0 Å². The molecule has 0 radical (unpaired) electrons. The molecule has 0 aromatic heterocycles. The van der Waals surface area contributed by atoms with E-state index >= 15 is 0 Å². The third-order valence-electron chi connectivity index (χ3n) is 18.8. The number of esters is 3. The van der Waals surface area contributed by atoms with Crippen LogP contribution in [0.1, 0.15) is 291 Å². The van der Waals surface area contributed by atoms with Gasteiger partial charge in [-0.15, -0.1) is 0 Å². The van der Waals surface area contributed by atoms with E-state index in [0.717, 1.165) is 109 Å². The maximum Gasteiger partial charge on any atom is 0.472 e. The molecule has 560 valence electrons. The summed E-state index contributed by atoms with van der Waals surface area (Å²) in [7, 11) is -5.69. The summed E-state index contributed by atoms with van der Waals surface area (Å²) in [5.74, 6) is -1.29. The number of rotatable bonds is 57. The molecule has 3 fully saturated rings. The molecule has 1 aliphatic carbocycles. The number of aliphatic hydroxyl groups is 10. The highest BCUT2D eigenvalue weighted by atomic mass is 31.2. The van der Waals surface area contributed by atoms with Crippen molar-refractivity contribution in [1.29, 1.82) is 0 Å². The van der Waals surface area contributed by atoms with E-state index < -0.39 is 156 Å². The van der Waals surface area contributed by atoms with Gasteiger partial charge in [-0.05, 0) is 25.2 Å². The lowest BCUT2D eigenvalue weighted by molar-refractivity contribution is -0.360. The molecule has 0 bridgehead atoms. The van der Waals surface area contributed by atoms with Gasteiger partial charge in [0.1, 0.15) is 98.7 Å². The number of carbonyl (C=O) groups excluding carboxylic acids is 3. The minimum Gasteiger partial charge on any atom is -0.463 e. The Morgan fingerprint density at radius 3 is 1.14 bits per heavy atom. The van der Waals surface area contributed by atoms with E-state index in [1.54, 1.807) is 0 Å². The molecule has 25 heteroatoms. The SMILES string of the molecule is CCCCCCCCCCCCCCCC(=O)OC[C@H]1O[C@H](O[C@@H]2[C@H](O)[C@@H](O)[C@H](O)[C@@H](O[C@H]3O[C@H](CO)[C@@H](O)[C@H](O)[C@@H]3O)[C@@H]2OP(=O)(O)OC[C@@H](COC(=O)CCCCCCCC[C@@H](C)CCCCCCCCCCC)OC(=O)CCCCCCCCCC)[C@@H](O)[C@@H](O)[C@@H]1O. The van der Waals surface area contributed by atoms with Crippen LogP contribution in [0.3, 0.4) is 0 Å². The van der Waals surface area contributed by atoms with Gasteiger partial charge in [-0.25, -0.2) is 4.57 Å². The molecule has 0 amide bonds. The predicted molar refractivity (Wildman–Crippen MR) is 356 cm³/mol. The zero-order chi connectivity index (χ0) is 69.8. The minimum absolute atomic E-state index is 0.0329. The second-order valence-corrected chi connectivity index (χ2v) is 28.7. The van der Waals surface area contributed by atoms with Gasteiger partial charge in [-0.2, -0.15) is 0 Å². The van der Waals surface area contributed by atoms with Crippen LogP contribution in [0.15, 0.2) is 0 Å². The Kier molecular flexibility index (Phi) is 47.7. The average molecular weight is 1390 g/mol. The number of phosphoric ester groups is 1. The maximum absolute atomic E-state index is 14.3. The lowest BCUT2D eigenvalue weighted by atomic mass is 9.84. The second-order valence-electron chi connectivity index (χ2n) is 27.3. The highest BCUT2D eigenvalue weighted by Crippen LogP contribution is 2.49. The first kappa shape index (κ1) is 87.2. The van der Waals surface area contributed by atoms with Crippen LogP contribution in [-0.2, 0) is 61.2 Å². The topological polar surface area (TPSA) is 374 Å². The summed E-state index contributed by atoms with van der Waals surface area (Å²) in [6.07, 6.45) is 6.53. The summed E-state index contributed by atoms with van der Waals surface area (Å²) >= 11 is 0. The third-order valence-corrected chi connectivity index (χ3v) is 19.8. The summed E-state index contributed by atoms with van der Waals surface area (Å²) in [5, 5.41) is 110. The van der Waals surface area contributed by atoms with Gasteiger partial charge in [0.2, 0.25) is 0 Å². The van der Waals surface area contributed by atoms with E-state index in [0.29, 0.717) is 25.2 Å². The molecule has 3 aliphatic rings. The molecular formula is C70H131O24P. The van der Waals surface area contributed by atoms with Crippen LogP contribution in [0, 0.1) is 5.92 Å². The highest BCUT2D eigenvalue weighted by molar-refractivity contribution is 7.47. The summed E-state index contributed by atoms with van der Waals surface area (Å²) in [6, 6.07) is 0. The molecule has 19 atom stereocenters. The van der Waals surface area contributed by atoms with Crippen molar-refractivity contribution in [2.45, 2.75) is 395 Å². The zero-order valence-electron chi connectivity index (χ0n) is 58.4. The van der Waals surface area contributed by atoms with Gasteiger partial charge >= 0.3 is 25.7 Å². The fourth-order valence-corrected chi connectivity index (χ4v) is 13.6. The first-order chi connectivity index (χ1) is 45.7. The lowest BCUT2D eigenvalue weighted by Crippen LogP contribution is -2.69. The second kappa shape index (κ2) is 52.0. The molecule has 0 aromatic rings. The normalized spacial score (nSPS) is 28.4. The first-order valence-electron chi connectivity index (χ1n) is 37.2. The monoisotopic (exact) mass is 1390 g/mol. The van der Waals surface area contributed by atoms with Gasteiger partial charge in [0.15, 0.2) is 18.7 Å². The van der Waals surface area contributed by atoms with E-state index in [1.165, 1.54) is 116 Å². The molecule has 2 aliphatic heterocycles. The standard InChI is InChI=1S/C70H131O24P/c1-5-8-11-14-17-20-21-22-23-25-28-33-39-44-55(73)87-49-53-58(76)60(78)65(83)70(91-53)93-67-63(81)61(79)62(80)66(92-69-64(82)59(77)57(75)52(46-71)90-69)68(67)94-95(84,85)88-48-51(89-56(74)45-40-35-27-19-16-13-10-7-3)47-86-54(72)43-38-34-30-29-32-37-42-50(4)41-36-31-26-24-18-15-12-9-6-2/h50-53,57-71,75-83H,5-49H2,1-4H3,(H,84,85)/t50-,51+,52+,53+,57+,58+,59-,60-,61-,62-,63+,64-,65-,66+,67+,68-,69+,70+/m0/s1. The maximum atomic E-state index is 14.3. The van der Waals surface area contributed by atoms with Crippen molar-refractivity contribution in [3.63, 3.8) is 0 Å². The molecule has 0 aromatic carbocycles. The van der Waals surface area contributed by atoms with Crippen molar-refractivity contribution in [3.8, 4) is 0 Å². The van der Waals surface area contributed by atoms with Crippen LogP contribution in [0.25, 0.3) is 0 Å². The Balaban J connectivity index is 1.71. The molecular weight excluding hydrogens is 1260 g/mol. The van der Waals surface area contributed by atoms with E-state index in [4.69, 9.17) is 42.2 Å². The van der Waals surface area contributed by atoms with Crippen LogP contribution in [0.5, 0.6) is 0 Å². The summed E-state index contributed by atoms with van der Waals surface area (Å²) in [5.41, 5.74) is 0. The molecule has 3 rings (SSSR count). The predicted octanol–water partition coefficient (Wildman–Crippen LogP) is 9.65. The number of phosphoric acid groups is 1. The van der Waals surface area contributed by atoms with Crippen molar-refractivity contribution >= 4 is 25.7 Å². The van der Waals surface area contributed by atoms with Gasteiger partial charge in [0, 0.05) is 19.3 Å². The Labute approximate surface area is 568 Å². The number of hydrogen-bond donors (Lipinski definition) is 11. The fourth-order valence-electron chi connectivity index (χ4n) is 12.6. The summed E-state index contributed by atoms with van der Waals surface area (Å²) in [6.45, 7) is 5.74. The lowest BCUT2D eigenvalue weighted by Gasteiger charge is -2.49. The van der Waals surface area contributed by atoms with Gasteiger partial charge in [0.25, 0.3) is 0 Å². The number of carbonyl (C=O) groups is 3. The van der Waals surface area contributed by atoms with Crippen molar-refractivity contribution in [1.82, 2.24) is 0 Å². The van der Waals surface area contributed by atoms with Gasteiger partial charge < -0.3 is 89.1 Å². The van der Waals surface area contributed by atoms with Crippen LogP contribution >= 0.6 is 7.82 Å². The quantitative estimate of drug-likeness (QED) is 0.0117. The van der Waals surface area contributed by atoms with E-state index in [9.17, 15) is 74.9 Å². The molecule has 2 heterocycles. The van der Waals surface area contributed by atoms with Crippen molar-refractivity contribution in [2.24, 2.45) is 5.92 Å². The van der Waals surface area contributed by atoms with Crippen LogP contribution < -0.4 is 0 Å². The molecule has 11 N–H and O–H groups in total. The minimum atomic E-state index is -5.69. The zero-order valence-corrected chi connectivity index (χ0v) is 59.3. The number of unbranched alkanes of at least 4 members (excludes halogenated alkanes) is 32. The molecule has 2 saturated heterocycles. The van der Waals surface area contributed by atoms with Gasteiger partial charge in [-0.3, -0.25) is 23.4 Å². The highest BCUT2D eigenvalue weighted by Gasteiger charge is 2.58. The summed E-state index contributed by atoms with van der Waals surface area (Å²) < 4.78 is 64.9. The summed E-state index contributed by atoms with van der Waals surface area (Å²) in [4.78, 5) is 50.8. The Bertz CT molecular complexity index is 1990. The Morgan fingerprint density at radius 1 is 0.400 bits per heavy atom. The average Bonchev–Trinajstić information content (AvgIpc) is 0.765. The molecule has 1 saturated carbocycles. The third kappa shape index (κ3) is 35.9. The van der Waals surface area contributed by atoms with Crippen LogP contribution in [-0.4, -0.2) is 204 Å². The first-order valence-corrected chi connectivity index (χ1v) is 38.7. The smallest absolute Gasteiger partial charge is 0.463 e. The number of ether oxygens (including phenoxy) is 7. The molecule has 95 heavy (non-hydrogen) atoms. The molecule has 0 spiro atoms. The van der Waals surface area contributed by atoms with Gasteiger partial charge in [-0.1, -0.05) is 252 Å². The van der Waals surface area contributed by atoms with Gasteiger partial charge in [0.05, 0.1) is 13.2 Å². The number of hydrogen-bond acceptors (Lipinski definition) is 23. The van der Waals surface area contributed by atoms with E-state index in [2.05, 4.69) is 27.7 Å². The van der Waals surface area contributed by atoms with E-state index in [1.807, 2.05) is 0 Å². The van der Waals surface area contributed by atoms with Crippen LogP contribution in [0.2, 0.25) is 0 Å². The van der Waals surface area contributed by atoms with Crippen molar-refractivity contribution < 1.29 is 117 Å². The number of aliphatic hydroxyl groups excluding tert-OH is 10. The fraction of sp³-hybridized carbons (Fsp3) is 0.957. The Morgan fingerprint density at radius 2 is 0.737 bits per heavy atom. The van der Waals surface area contributed by atoms with Crippen molar-refractivity contribution in [2.75, 3.05) is 26.4 Å². The Hall–Kier alpha value is -2.04. The molecule has 1 unspecified atom stereocenters. The van der Waals surface area contributed by atoms with Crippen LogP contribution in [0.4, 0.5) is 0 Å². The molecule has 24 nitrogen and oxygen atoms in total.